The molecular formula is C42H62ClF3N4O4S. The molecule has 308 valence electrons. The summed E-state index contributed by atoms with van der Waals surface area (Å²) in [6.07, 6.45) is 11.4. The van der Waals surface area contributed by atoms with Crippen LogP contribution in [0.3, 0.4) is 0 Å². The maximum Gasteiger partial charge on any atom is 0.416 e. The molecule has 0 radical (unpaired) electrons. The van der Waals surface area contributed by atoms with E-state index >= 15 is 0 Å². The Bertz CT molecular complexity index is 1560. The van der Waals surface area contributed by atoms with E-state index < -0.39 is 21.8 Å². The molecule has 1 saturated heterocycles. The summed E-state index contributed by atoms with van der Waals surface area (Å²) in [6, 6.07) is 10.6. The molecule has 0 spiro atoms. The summed E-state index contributed by atoms with van der Waals surface area (Å²) >= 11 is 5.85. The van der Waals surface area contributed by atoms with Gasteiger partial charge in [-0.1, -0.05) is 30.5 Å². The molecule has 1 amide bonds. The molecule has 3 aliphatic rings. The highest BCUT2D eigenvalue weighted by Crippen LogP contribution is 2.34. The minimum atomic E-state index is -4.48. The predicted molar refractivity (Wildman–Crippen MR) is 215 cm³/mol. The number of ether oxygens (including phenoxy) is 1. The fraction of sp³-hybridized carbons (Fsp3) is 0.643. The number of nitrogens with zero attached hydrogens (tertiary/aromatic N) is 4. The second kappa shape index (κ2) is 21.8. The fourth-order valence-electron chi connectivity index (χ4n) is 8.19. The summed E-state index contributed by atoms with van der Waals surface area (Å²) in [5, 5.41) is 0.638. The number of carbonyl (C=O) groups excluding carboxylic acids is 1. The van der Waals surface area contributed by atoms with Crippen molar-refractivity contribution < 1.29 is 31.1 Å². The van der Waals surface area contributed by atoms with Crippen LogP contribution < -0.4 is 4.74 Å². The third kappa shape index (κ3) is 15.0. The van der Waals surface area contributed by atoms with Crippen LogP contribution in [0.5, 0.6) is 5.75 Å². The van der Waals surface area contributed by atoms with Crippen LogP contribution in [0.4, 0.5) is 18.0 Å². The van der Waals surface area contributed by atoms with E-state index in [4.69, 9.17) is 16.3 Å². The van der Waals surface area contributed by atoms with Gasteiger partial charge in [0.25, 0.3) is 0 Å². The summed E-state index contributed by atoms with van der Waals surface area (Å²) in [7, 11) is 1.63. The van der Waals surface area contributed by atoms with Crippen LogP contribution >= 0.6 is 11.6 Å². The lowest BCUT2D eigenvalue weighted by Gasteiger charge is -2.32. The number of likely N-dealkylation sites (N-methyl/N-ethyl adjacent to an activating group) is 1. The van der Waals surface area contributed by atoms with Crippen molar-refractivity contribution in [2.24, 2.45) is 23.7 Å². The third-order valence-electron chi connectivity index (χ3n) is 11.5. The van der Waals surface area contributed by atoms with Crippen LogP contribution in [0.15, 0.2) is 66.1 Å². The zero-order valence-electron chi connectivity index (χ0n) is 33.0. The second-order valence-electron chi connectivity index (χ2n) is 16.0. The van der Waals surface area contributed by atoms with Crippen molar-refractivity contribution in [2.75, 3.05) is 67.0 Å². The van der Waals surface area contributed by atoms with Crippen molar-refractivity contribution >= 4 is 27.7 Å². The second-order valence-corrected chi connectivity index (χ2v) is 18.5. The Morgan fingerprint density at radius 3 is 1.96 bits per heavy atom. The molecule has 0 aromatic heterocycles. The number of halogens is 4. The van der Waals surface area contributed by atoms with Crippen LogP contribution in [-0.2, 0) is 16.2 Å². The van der Waals surface area contributed by atoms with Crippen LogP contribution in [0, 0.1) is 23.7 Å². The third-order valence-corrected chi connectivity index (χ3v) is 13.6. The number of sulfonamides is 1. The molecule has 0 atom stereocenters. The molecule has 2 aromatic rings. The average molecular weight is 811 g/mol. The maximum absolute atomic E-state index is 12.7. The fourth-order valence-corrected chi connectivity index (χ4v) is 9.57. The van der Waals surface area contributed by atoms with Gasteiger partial charge in [0.05, 0.1) is 10.5 Å². The highest BCUT2D eigenvalue weighted by atomic mass is 35.5. The standard InChI is InChI=1S/C22H33F3N2O2S.C20H29ClN2O2/c1-4-15-26(2)16-5-6-18-7-9-19(10-8-18)17-27(3)30(28,29)21-13-11-20(12-14-21)22(23,24)25;1-22(20(24)25-19-10-8-18(21)9-11-19)14-16-4-6-17(7-5-16)15-23-12-2-3-13-23/h4,11-14,18-19H,1,5-10,15-17H2,2-3H3;8-11,16-17H,2-7,12-15H2,1H3/t18-,19-;16-,17-. The molecule has 0 unspecified atom stereocenters. The van der Waals surface area contributed by atoms with E-state index in [1.54, 1.807) is 29.2 Å². The number of hydrogen-bond acceptors (Lipinski definition) is 6. The van der Waals surface area contributed by atoms with Gasteiger partial charge >= 0.3 is 12.3 Å². The Hall–Kier alpha value is -2.64. The molecule has 0 N–H and O–H groups in total. The van der Waals surface area contributed by atoms with Gasteiger partial charge in [0.1, 0.15) is 5.75 Å². The van der Waals surface area contributed by atoms with Gasteiger partial charge in [-0.3, -0.25) is 0 Å². The number of rotatable bonds is 15. The van der Waals surface area contributed by atoms with Gasteiger partial charge < -0.3 is 19.4 Å². The summed E-state index contributed by atoms with van der Waals surface area (Å²) in [6.45, 7) is 10.7. The van der Waals surface area contributed by atoms with E-state index in [1.165, 1.54) is 75.9 Å². The zero-order chi connectivity index (χ0) is 40.0. The molecule has 2 aromatic carbocycles. The minimum absolute atomic E-state index is 0.102. The molecule has 1 heterocycles. The zero-order valence-corrected chi connectivity index (χ0v) is 34.6. The van der Waals surface area contributed by atoms with Crippen molar-refractivity contribution in [1.82, 2.24) is 19.0 Å². The lowest BCUT2D eigenvalue weighted by molar-refractivity contribution is -0.137. The van der Waals surface area contributed by atoms with Crippen molar-refractivity contribution in [3.8, 4) is 5.75 Å². The quantitative estimate of drug-likeness (QED) is 0.167. The van der Waals surface area contributed by atoms with Gasteiger partial charge in [0, 0.05) is 45.3 Å². The predicted octanol–water partition coefficient (Wildman–Crippen LogP) is 9.70. The number of benzene rings is 2. The number of alkyl halides is 3. The molecular weight excluding hydrogens is 749 g/mol. The van der Waals surface area contributed by atoms with E-state index in [2.05, 4.69) is 23.4 Å². The van der Waals surface area contributed by atoms with Gasteiger partial charge in [-0.15, -0.1) is 6.58 Å². The Morgan fingerprint density at radius 2 is 1.40 bits per heavy atom. The number of hydrogen-bond donors (Lipinski definition) is 0. The number of carbonyl (C=O) groups is 1. The van der Waals surface area contributed by atoms with Crippen molar-refractivity contribution in [3.05, 3.63) is 71.8 Å². The molecule has 5 rings (SSSR count). The molecule has 1 aliphatic heterocycles. The van der Waals surface area contributed by atoms with Gasteiger partial charge in [0.2, 0.25) is 10.0 Å². The Morgan fingerprint density at radius 1 is 0.855 bits per heavy atom. The Labute approximate surface area is 333 Å². The molecule has 3 fully saturated rings. The highest BCUT2D eigenvalue weighted by Gasteiger charge is 2.32. The first-order chi connectivity index (χ1) is 26.1. The van der Waals surface area contributed by atoms with Gasteiger partial charge in [0.15, 0.2) is 0 Å². The lowest BCUT2D eigenvalue weighted by Crippen LogP contribution is -2.36. The number of likely N-dealkylation sites (tertiary alicyclic amines) is 1. The smallest absolute Gasteiger partial charge is 0.410 e. The summed E-state index contributed by atoms with van der Waals surface area (Å²) in [4.78, 5) is 18.7. The van der Waals surface area contributed by atoms with E-state index in [-0.39, 0.29) is 11.0 Å². The summed E-state index contributed by atoms with van der Waals surface area (Å²) < 4.78 is 70.2. The van der Waals surface area contributed by atoms with E-state index in [1.807, 2.05) is 13.1 Å². The van der Waals surface area contributed by atoms with Crippen LogP contribution in [0.2, 0.25) is 5.02 Å². The topological polar surface area (TPSA) is 73.4 Å². The molecule has 0 bridgehead atoms. The van der Waals surface area contributed by atoms with E-state index in [0.29, 0.717) is 35.1 Å². The molecule has 8 nitrogen and oxygen atoms in total. The molecule has 55 heavy (non-hydrogen) atoms. The lowest BCUT2D eigenvalue weighted by atomic mass is 9.80. The monoisotopic (exact) mass is 810 g/mol. The normalized spacial score (nSPS) is 22.3. The molecule has 2 saturated carbocycles. The van der Waals surface area contributed by atoms with E-state index in [0.717, 1.165) is 81.9 Å². The Balaban J connectivity index is 0.000000248. The van der Waals surface area contributed by atoms with Crippen LogP contribution in [0.1, 0.15) is 82.6 Å². The Kier molecular flexibility index (Phi) is 17.8. The van der Waals surface area contributed by atoms with E-state index in [9.17, 15) is 26.4 Å². The van der Waals surface area contributed by atoms with Crippen LogP contribution in [-0.4, -0.2) is 100 Å². The summed E-state index contributed by atoms with van der Waals surface area (Å²) in [5.74, 6) is 2.96. The first-order valence-corrected chi connectivity index (χ1v) is 21.8. The van der Waals surface area contributed by atoms with Gasteiger partial charge in [-0.25, -0.2) is 17.5 Å². The van der Waals surface area contributed by atoms with Crippen LogP contribution in [0.25, 0.3) is 0 Å². The van der Waals surface area contributed by atoms with Crippen molar-refractivity contribution in [1.29, 1.82) is 0 Å². The molecule has 2 aliphatic carbocycles. The van der Waals surface area contributed by atoms with Gasteiger partial charge in [-0.05, 0) is 163 Å². The van der Waals surface area contributed by atoms with Crippen molar-refractivity contribution in [2.45, 2.75) is 88.1 Å². The number of amides is 1. The molecule has 13 heteroatoms. The maximum atomic E-state index is 12.7. The first-order valence-electron chi connectivity index (χ1n) is 20.0. The SMILES string of the molecule is C=CCN(C)CCC[C@H]1CC[C@H](CN(C)S(=O)(=O)c2ccc(C(F)(F)F)cc2)CC1.CN(C[C@H]1CC[C@H](CN2CCCC2)CC1)C(=O)Oc1ccc(Cl)cc1. The van der Waals surface area contributed by atoms with Gasteiger partial charge in [-0.2, -0.15) is 13.2 Å². The van der Waals surface area contributed by atoms with Crippen molar-refractivity contribution in [3.63, 3.8) is 0 Å². The summed E-state index contributed by atoms with van der Waals surface area (Å²) in [5.41, 5.74) is -0.849. The average Bonchev–Trinajstić information content (AvgIpc) is 3.67. The minimum Gasteiger partial charge on any atom is -0.410 e. The highest BCUT2D eigenvalue weighted by molar-refractivity contribution is 7.89. The first kappa shape index (κ1) is 45.1. The largest absolute Gasteiger partial charge is 0.416 e.